The van der Waals surface area contributed by atoms with Crippen LogP contribution in [0, 0.1) is 10.1 Å². The minimum Gasteiger partial charge on any atom is -0.465 e. The molecule has 0 saturated heterocycles. The highest BCUT2D eigenvalue weighted by Gasteiger charge is 2.20. The Morgan fingerprint density at radius 3 is 2.06 bits per heavy atom. The number of benzene rings is 2. The van der Waals surface area contributed by atoms with E-state index in [0.717, 1.165) is 36.6 Å². The first-order valence-electron chi connectivity index (χ1n) is 9.17. The first-order valence-corrected chi connectivity index (χ1v) is 9.17. The molecular formula is C21H23N3O7. The van der Waals surface area contributed by atoms with Crippen molar-refractivity contribution in [3.05, 3.63) is 69.3 Å². The van der Waals surface area contributed by atoms with Gasteiger partial charge < -0.3 is 19.3 Å². The quantitative estimate of drug-likeness (QED) is 0.356. The predicted molar refractivity (Wildman–Crippen MR) is 112 cm³/mol. The van der Waals surface area contributed by atoms with E-state index in [1.165, 1.54) is 4.90 Å². The zero-order valence-electron chi connectivity index (χ0n) is 17.7. The summed E-state index contributed by atoms with van der Waals surface area (Å²) < 4.78 is 9.53. The Labute approximate surface area is 179 Å². The topological polar surface area (TPSA) is 119 Å². The van der Waals surface area contributed by atoms with E-state index < -0.39 is 35.1 Å². The van der Waals surface area contributed by atoms with E-state index in [4.69, 9.17) is 4.74 Å². The molecule has 10 nitrogen and oxygen atoms in total. The van der Waals surface area contributed by atoms with Gasteiger partial charge in [0.1, 0.15) is 0 Å². The molecule has 0 aliphatic rings. The molecule has 0 aromatic heterocycles. The molecule has 0 fully saturated rings. The normalized spacial score (nSPS) is 10.2. The highest BCUT2D eigenvalue weighted by Crippen LogP contribution is 2.19. The number of anilines is 1. The monoisotopic (exact) mass is 429 g/mol. The second kappa shape index (κ2) is 10.2. The molecule has 0 N–H and O–H groups in total. The molecule has 0 radical (unpaired) electrons. The maximum Gasteiger partial charge on any atom is 0.338 e. The molecule has 2 aromatic rings. The smallest absolute Gasteiger partial charge is 0.338 e. The van der Waals surface area contributed by atoms with Crippen molar-refractivity contribution < 1.29 is 28.8 Å². The van der Waals surface area contributed by atoms with E-state index in [2.05, 4.69) is 4.74 Å². The van der Waals surface area contributed by atoms with Gasteiger partial charge in [0.15, 0.2) is 6.61 Å². The first kappa shape index (κ1) is 23.3. The lowest BCUT2D eigenvalue weighted by atomic mass is 10.1. The van der Waals surface area contributed by atoms with E-state index in [9.17, 15) is 24.5 Å². The average Bonchev–Trinajstić information content (AvgIpc) is 2.76. The van der Waals surface area contributed by atoms with Gasteiger partial charge in [-0.25, -0.2) is 9.59 Å². The van der Waals surface area contributed by atoms with Crippen molar-refractivity contribution in [3.8, 4) is 0 Å². The largest absolute Gasteiger partial charge is 0.465 e. The third kappa shape index (κ3) is 6.26. The number of hydrogen-bond acceptors (Lipinski definition) is 8. The fourth-order valence-corrected chi connectivity index (χ4v) is 2.65. The molecule has 0 aliphatic heterocycles. The summed E-state index contributed by atoms with van der Waals surface area (Å²) in [5, 5.41) is 11.1. The maximum absolute atomic E-state index is 12.3. The number of likely N-dealkylation sites (N-methyl/N-ethyl adjacent to an activating group) is 1. The lowest BCUT2D eigenvalue weighted by Gasteiger charge is -2.18. The fourth-order valence-electron chi connectivity index (χ4n) is 2.65. The van der Waals surface area contributed by atoms with Crippen molar-refractivity contribution >= 4 is 29.2 Å². The molecule has 0 heterocycles. The molecule has 0 bridgehead atoms. The van der Waals surface area contributed by atoms with Crippen LogP contribution in [0.25, 0.3) is 0 Å². The Kier molecular flexibility index (Phi) is 7.67. The number of carbonyl (C=O) groups excluding carboxylic acids is 3. The van der Waals surface area contributed by atoms with E-state index in [1.807, 2.05) is 43.3 Å². The lowest BCUT2D eigenvalue weighted by molar-refractivity contribution is -0.384. The van der Waals surface area contributed by atoms with Crippen molar-refractivity contribution in [1.82, 2.24) is 4.90 Å². The molecule has 2 rings (SSSR count). The molecule has 0 saturated carbocycles. The summed E-state index contributed by atoms with van der Waals surface area (Å²) in [6.45, 7) is -0.241. The summed E-state index contributed by atoms with van der Waals surface area (Å²) in [6.07, 6.45) is 0. The summed E-state index contributed by atoms with van der Waals surface area (Å²) in [5.74, 6) is -2.26. The standard InChI is InChI=1S/C21H23N3O7/c1-22(2)17-7-5-14(6-8-17)12-23(3)19(25)13-31-21(27)16-9-15(20(26)30-4)10-18(11-16)24(28)29/h5-11H,12-13H2,1-4H3. The van der Waals surface area contributed by atoms with Gasteiger partial charge in [0, 0.05) is 45.5 Å². The number of esters is 2. The number of nitro benzene ring substituents is 1. The Morgan fingerprint density at radius 1 is 0.968 bits per heavy atom. The zero-order valence-corrected chi connectivity index (χ0v) is 17.7. The summed E-state index contributed by atoms with van der Waals surface area (Å²) in [5.41, 5.74) is 1.04. The van der Waals surface area contributed by atoms with Crippen LogP contribution >= 0.6 is 0 Å². The van der Waals surface area contributed by atoms with Crippen LogP contribution in [0.15, 0.2) is 42.5 Å². The van der Waals surface area contributed by atoms with Crippen LogP contribution in [0.1, 0.15) is 26.3 Å². The van der Waals surface area contributed by atoms with Crippen LogP contribution in [0.4, 0.5) is 11.4 Å². The van der Waals surface area contributed by atoms with Crippen LogP contribution in [0.3, 0.4) is 0 Å². The minimum absolute atomic E-state index is 0.173. The van der Waals surface area contributed by atoms with Gasteiger partial charge in [-0.2, -0.15) is 0 Å². The maximum atomic E-state index is 12.3. The summed E-state index contributed by atoms with van der Waals surface area (Å²) in [6, 6.07) is 10.7. The van der Waals surface area contributed by atoms with E-state index in [0.29, 0.717) is 6.54 Å². The number of ether oxygens (including phenoxy) is 2. The van der Waals surface area contributed by atoms with Crippen LogP contribution < -0.4 is 4.90 Å². The van der Waals surface area contributed by atoms with Crippen LogP contribution in [-0.4, -0.2) is 62.5 Å². The molecule has 31 heavy (non-hydrogen) atoms. The van der Waals surface area contributed by atoms with Crippen molar-refractivity contribution in [2.24, 2.45) is 0 Å². The summed E-state index contributed by atoms with van der Waals surface area (Å²) >= 11 is 0. The van der Waals surface area contributed by atoms with E-state index >= 15 is 0 Å². The number of amides is 1. The van der Waals surface area contributed by atoms with Gasteiger partial charge in [-0.05, 0) is 23.8 Å². The number of carbonyl (C=O) groups is 3. The van der Waals surface area contributed by atoms with Gasteiger partial charge in [-0.3, -0.25) is 14.9 Å². The molecule has 0 aliphatic carbocycles. The Balaban J connectivity index is 2.02. The Bertz CT molecular complexity index is 987. The SMILES string of the molecule is COC(=O)c1cc(C(=O)OCC(=O)N(C)Cc2ccc(N(C)C)cc2)cc([N+](=O)[O-])c1. The Hall–Kier alpha value is -3.95. The Morgan fingerprint density at radius 2 is 1.55 bits per heavy atom. The molecule has 10 heteroatoms. The van der Waals surface area contributed by atoms with E-state index in [1.54, 1.807) is 7.05 Å². The van der Waals surface area contributed by atoms with Gasteiger partial charge in [0.05, 0.1) is 23.2 Å². The third-order valence-electron chi connectivity index (χ3n) is 4.41. The second-order valence-electron chi connectivity index (χ2n) is 6.90. The molecule has 2 aromatic carbocycles. The van der Waals surface area contributed by atoms with Gasteiger partial charge in [-0.15, -0.1) is 0 Å². The predicted octanol–water partition coefficient (Wildman–Crippen LogP) is 2.26. The van der Waals surface area contributed by atoms with Gasteiger partial charge in [-0.1, -0.05) is 12.1 Å². The first-order chi connectivity index (χ1) is 14.6. The highest BCUT2D eigenvalue weighted by atomic mass is 16.6. The molecular weight excluding hydrogens is 406 g/mol. The molecule has 1 amide bonds. The highest BCUT2D eigenvalue weighted by molar-refractivity contribution is 5.97. The minimum atomic E-state index is -0.967. The molecule has 0 unspecified atom stereocenters. The molecule has 0 atom stereocenters. The van der Waals surface area contributed by atoms with Crippen LogP contribution in [0.2, 0.25) is 0 Å². The number of methoxy groups -OCH3 is 1. The fraction of sp³-hybridized carbons (Fsp3) is 0.286. The molecule has 0 spiro atoms. The van der Waals surface area contributed by atoms with E-state index in [-0.39, 0.29) is 11.1 Å². The van der Waals surface area contributed by atoms with Crippen LogP contribution in [-0.2, 0) is 20.8 Å². The van der Waals surface area contributed by atoms with Crippen molar-refractivity contribution in [2.75, 3.05) is 39.8 Å². The second-order valence-corrected chi connectivity index (χ2v) is 6.90. The summed E-state index contributed by atoms with van der Waals surface area (Å²) in [4.78, 5) is 50.0. The lowest BCUT2D eigenvalue weighted by Crippen LogP contribution is -2.30. The zero-order chi connectivity index (χ0) is 23.1. The van der Waals surface area contributed by atoms with Crippen molar-refractivity contribution in [1.29, 1.82) is 0 Å². The van der Waals surface area contributed by atoms with Gasteiger partial charge >= 0.3 is 11.9 Å². The van der Waals surface area contributed by atoms with Crippen LogP contribution in [0.5, 0.6) is 0 Å². The van der Waals surface area contributed by atoms with Gasteiger partial charge in [0.25, 0.3) is 11.6 Å². The third-order valence-corrected chi connectivity index (χ3v) is 4.41. The number of rotatable bonds is 8. The van der Waals surface area contributed by atoms with Gasteiger partial charge in [0.2, 0.25) is 0 Å². The average molecular weight is 429 g/mol. The van der Waals surface area contributed by atoms with Crippen molar-refractivity contribution in [3.63, 3.8) is 0 Å². The van der Waals surface area contributed by atoms with Crippen molar-refractivity contribution in [2.45, 2.75) is 6.54 Å². The number of non-ortho nitro benzene ring substituents is 1. The number of hydrogen-bond donors (Lipinski definition) is 0. The molecule has 164 valence electrons. The number of nitrogens with zero attached hydrogens (tertiary/aromatic N) is 3. The number of nitro groups is 1. The summed E-state index contributed by atoms with van der Waals surface area (Å²) in [7, 11) is 6.53.